The number of methoxy groups -OCH3 is 1. The van der Waals surface area contributed by atoms with Gasteiger partial charge in [0.05, 0.1) is 19.4 Å². The number of aromatic nitrogens is 1. The van der Waals surface area contributed by atoms with Gasteiger partial charge in [-0.15, -0.1) is 0 Å². The smallest absolute Gasteiger partial charge is 0.253 e. The topological polar surface area (TPSA) is 62.7 Å². The summed E-state index contributed by atoms with van der Waals surface area (Å²) in [6.45, 7) is 1.00. The van der Waals surface area contributed by atoms with Gasteiger partial charge in [-0.2, -0.15) is 0 Å². The lowest BCUT2D eigenvalue weighted by Gasteiger charge is -2.16. The minimum absolute atomic E-state index is 0.0496. The van der Waals surface area contributed by atoms with Crippen LogP contribution in [-0.4, -0.2) is 47.2 Å². The number of likely N-dealkylation sites (tertiary alicyclic amines) is 1. The van der Waals surface area contributed by atoms with Crippen molar-refractivity contribution < 1.29 is 14.6 Å². The predicted molar refractivity (Wildman–Crippen MR) is 82.8 cm³/mol. The zero-order chi connectivity index (χ0) is 15.5. The number of ether oxygens (including phenoxy) is 1. The normalized spacial score (nSPS) is 17.5. The van der Waals surface area contributed by atoms with Crippen LogP contribution in [0.4, 0.5) is 0 Å². The quantitative estimate of drug-likeness (QED) is 0.941. The van der Waals surface area contributed by atoms with E-state index >= 15 is 0 Å². The maximum atomic E-state index is 12.5. The number of hydrogen-bond acceptors (Lipinski definition) is 4. The molecular formula is C17H18N2O3. The molecule has 5 nitrogen and oxygen atoms in total. The first kappa shape index (κ1) is 14.5. The fraction of sp³-hybridized carbons (Fsp3) is 0.294. The number of pyridine rings is 1. The third kappa shape index (κ3) is 2.80. The molecule has 5 heteroatoms. The molecule has 0 radical (unpaired) electrons. The highest BCUT2D eigenvalue weighted by molar-refractivity contribution is 5.95. The Morgan fingerprint density at radius 3 is 3.00 bits per heavy atom. The molecule has 1 aliphatic rings. The molecule has 1 atom stereocenters. The number of β-amino-alcohol motifs (C(OH)–C–C–N with tert-alkyl or cyclic N) is 1. The SMILES string of the molecule is COc1cnccc1-c1cccc(C(=O)N2CC[C@@H](O)C2)c1. The highest BCUT2D eigenvalue weighted by Crippen LogP contribution is 2.29. The number of aliphatic hydroxyl groups excluding tert-OH is 1. The van der Waals surface area contributed by atoms with Gasteiger partial charge in [0.2, 0.25) is 0 Å². The fourth-order valence-corrected chi connectivity index (χ4v) is 2.71. The van der Waals surface area contributed by atoms with E-state index in [4.69, 9.17) is 4.74 Å². The first-order valence-electron chi connectivity index (χ1n) is 7.25. The lowest BCUT2D eigenvalue weighted by molar-refractivity contribution is 0.0765. The second kappa shape index (κ2) is 6.15. The molecule has 2 aromatic rings. The van der Waals surface area contributed by atoms with Gasteiger partial charge in [-0.3, -0.25) is 9.78 Å². The van der Waals surface area contributed by atoms with Crippen LogP contribution in [0.1, 0.15) is 16.8 Å². The fourth-order valence-electron chi connectivity index (χ4n) is 2.71. The number of amides is 1. The second-order valence-electron chi connectivity index (χ2n) is 5.35. The van der Waals surface area contributed by atoms with Crippen LogP contribution in [0.15, 0.2) is 42.7 Å². The summed E-state index contributed by atoms with van der Waals surface area (Å²) in [5, 5.41) is 9.58. The summed E-state index contributed by atoms with van der Waals surface area (Å²) in [7, 11) is 1.60. The third-order valence-electron chi connectivity index (χ3n) is 3.88. The largest absolute Gasteiger partial charge is 0.494 e. The van der Waals surface area contributed by atoms with Gasteiger partial charge < -0.3 is 14.7 Å². The van der Waals surface area contributed by atoms with E-state index in [1.807, 2.05) is 24.3 Å². The Morgan fingerprint density at radius 2 is 2.27 bits per heavy atom. The zero-order valence-electron chi connectivity index (χ0n) is 12.4. The van der Waals surface area contributed by atoms with E-state index in [2.05, 4.69) is 4.98 Å². The average molecular weight is 298 g/mol. The monoisotopic (exact) mass is 298 g/mol. The van der Waals surface area contributed by atoms with Crippen molar-refractivity contribution in [2.24, 2.45) is 0 Å². The molecule has 1 N–H and O–H groups in total. The summed E-state index contributed by atoms with van der Waals surface area (Å²) in [6.07, 6.45) is 3.58. The van der Waals surface area contributed by atoms with E-state index in [-0.39, 0.29) is 5.91 Å². The van der Waals surface area contributed by atoms with Crippen LogP contribution >= 0.6 is 0 Å². The van der Waals surface area contributed by atoms with Gasteiger partial charge in [-0.05, 0) is 30.2 Å². The van der Waals surface area contributed by atoms with E-state index in [9.17, 15) is 9.90 Å². The van der Waals surface area contributed by atoms with Crippen molar-refractivity contribution in [3.05, 3.63) is 48.3 Å². The Balaban J connectivity index is 1.91. The predicted octanol–water partition coefficient (Wildman–Crippen LogP) is 1.96. The molecule has 1 amide bonds. The molecule has 0 unspecified atom stereocenters. The van der Waals surface area contributed by atoms with Gasteiger partial charge in [0, 0.05) is 30.4 Å². The molecule has 1 saturated heterocycles. The van der Waals surface area contributed by atoms with Crippen molar-refractivity contribution in [3.8, 4) is 16.9 Å². The Bertz CT molecular complexity index is 687. The van der Waals surface area contributed by atoms with Crippen LogP contribution in [0.5, 0.6) is 5.75 Å². The van der Waals surface area contributed by atoms with Crippen molar-refractivity contribution in [1.82, 2.24) is 9.88 Å². The van der Waals surface area contributed by atoms with Gasteiger partial charge in [-0.1, -0.05) is 12.1 Å². The minimum atomic E-state index is -0.410. The van der Waals surface area contributed by atoms with Crippen molar-refractivity contribution in [1.29, 1.82) is 0 Å². The molecule has 0 bridgehead atoms. The lowest BCUT2D eigenvalue weighted by Crippen LogP contribution is -2.29. The Morgan fingerprint density at radius 1 is 1.41 bits per heavy atom. The molecule has 3 rings (SSSR count). The summed E-state index contributed by atoms with van der Waals surface area (Å²) in [5.74, 6) is 0.620. The summed E-state index contributed by atoms with van der Waals surface area (Å²) < 4.78 is 5.32. The van der Waals surface area contributed by atoms with Gasteiger partial charge in [0.1, 0.15) is 5.75 Å². The number of carbonyl (C=O) groups excluding carboxylic acids is 1. The molecule has 114 valence electrons. The van der Waals surface area contributed by atoms with Gasteiger partial charge in [0.25, 0.3) is 5.91 Å². The van der Waals surface area contributed by atoms with Crippen molar-refractivity contribution in [2.45, 2.75) is 12.5 Å². The van der Waals surface area contributed by atoms with Crippen LogP contribution in [0.25, 0.3) is 11.1 Å². The standard InChI is InChI=1S/C17H18N2O3/c1-22-16-10-18-7-5-15(16)12-3-2-4-13(9-12)17(21)19-8-6-14(20)11-19/h2-5,7,9-10,14,20H,6,8,11H2,1H3/t14-/m1/s1. The maximum absolute atomic E-state index is 12.5. The van der Waals surface area contributed by atoms with E-state index in [0.717, 1.165) is 11.1 Å². The molecule has 1 fully saturated rings. The zero-order valence-corrected chi connectivity index (χ0v) is 12.4. The van der Waals surface area contributed by atoms with Crippen LogP contribution < -0.4 is 4.74 Å². The number of hydrogen-bond donors (Lipinski definition) is 1. The number of benzene rings is 1. The van der Waals surface area contributed by atoms with Gasteiger partial charge >= 0.3 is 0 Å². The summed E-state index contributed by atoms with van der Waals surface area (Å²) in [5.41, 5.74) is 2.42. The molecule has 0 spiro atoms. The van der Waals surface area contributed by atoms with Crippen molar-refractivity contribution in [3.63, 3.8) is 0 Å². The first-order valence-corrected chi connectivity index (χ1v) is 7.25. The van der Waals surface area contributed by atoms with E-state index < -0.39 is 6.10 Å². The Kier molecular flexibility index (Phi) is 4.06. The highest BCUT2D eigenvalue weighted by atomic mass is 16.5. The van der Waals surface area contributed by atoms with Crippen molar-refractivity contribution >= 4 is 5.91 Å². The molecule has 2 heterocycles. The number of carbonyl (C=O) groups is 1. The molecular weight excluding hydrogens is 280 g/mol. The summed E-state index contributed by atoms with van der Waals surface area (Å²) >= 11 is 0. The van der Waals surface area contributed by atoms with Crippen LogP contribution in [0, 0.1) is 0 Å². The molecule has 1 aliphatic heterocycles. The Labute approximate surface area is 129 Å². The lowest BCUT2D eigenvalue weighted by atomic mass is 10.0. The van der Waals surface area contributed by atoms with Gasteiger partial charge in [-0.25, -0.2) is 0 Å². The van der Waals surface area contributed by atoms with Crippen molar-refractivity contribution in [2.75, 3.05) is 20.2 Å². The first-order chi connectivity index (χ1) is 10.7. The number of rotatable bonds is 3. The third-order valence-corrected chi connectivity index (χ3v) is 3.88. The molecule has 1 aromatic carbocycles. The van der Waals surface area contributed by atoms with E-state index in [1.54, 1.807) is 30.5 Å². The maximum Gasteiger partial charge on any atom is 0.253 e. The summed E-state index contributed by atoms with van der Waals surface area (Å²) in [4.78, 5) is 18.2. The molecule has 1 aromatic heterocycles. The van der Waals surface area contributed by atoms with Crippen LogP contribution in [0.2, 0.25) is 0 Å². The van der Waals surface area contributed by atoms with Crippen LogP contribution in [0.3, 0.4) is 0 Å². The van der Waals surface area contributed by atoms with E-state index in [1.165, 1.54) is 0 Å². The number of nitrogens with zero attached hydrogens (tertiary/aromatic N) is 2. The van der Waals surface area contributed by atoms with E-state index in [0.29, 0.717) is 30.8 Å². The Hall–Kier alpha value is -2.40. The van der Waals surface area contributed by atoms with Gasteiger partial charge in [0.15, 0.2) is 0 Å². The molecule has 0 saturated carbocycles. The summed E-state index contributed by atoms with van der Waals surface area (Å²) in [6, 6.07) is 9.31. The molecule has 22 heavy (non-hydrogen) atoms. The second-order valence-corrected chi connectivity index (χ2v) is 5.35. The number of aliphatic hydroxyl groups is 1. The highest BCUT2D eigenvalue weighted by Gasteiger charge is 2.25. The minimum Gasteiger partial charge on any atom is -0.494 e. The molecule has 0 aliphatic carbocycles. The average Bonchev–Trinajstić information content (AvgIpc) is 3.00. The van der Waals surface area contributed by atoms with Crippen LogP contribution in [-0.2, 0) is 0 Å².